The highest BCUT2D eigenvalue weighted by atomic mass is 32.1. The Morgan fingerprint density at radius 1 is 1.24 bits per heavy atom. The largest absolute Gasteiger partial charge is 0.371 e. The minimum absolute atomic E-state index is 0.358. The number of anilines is 1. The third-order valence-electron chi connectivity index (χ3n) is 4.11. The number of hydrogen-bond donors (Lipinski definition) is 1. The number of rotatable bonds is 4. The Hall–Kier alpha value is -1.39. The van der Waals surface area contributed by atoms with Crippen LogP contribution in [-0.4, -0.2) is 24.1 Å². The predicted molar refractivity (Wildman–Crippen MR) is 90.1 cm³/mol. The number of benzene rings is 1. The first-order chi connectivity index (χ1) is 10.2. The molecule has 1 aromatic carbocycles. The summed E-state index contributed by atoms with van der Waals surface area (Å²) in [4.78, 5) is 7.07. The minimum Gasteiger partial charge on any atom is -0.371 e. The molecule has 0 bridgehead atoms. The van der Waals surface area contributed by atoms with Gasteiger partial charge < -0.3 is 10.2 Å². The monoisotopic (exact) mass is 301 g/mol. The molecule has 0 aliphatic carbocycles. The molecule has 112 valence electrons. The molecule has 3 rings (SSSR count). The molecule has 1 atom stereocenters. The molecule has 1 unspecified atom stereocenters. The first-order valence-electron chi connectivity index (χ1n) is 7.70. The Morgan fingerprint density at radius 2 is 1.95 bits per heavy atom. The fourth-order valence-electron chi connectivity index (χ4n) is 2.94. The number of para-hydroxylation sites is 1. The van der Waals surface area contributed by atoms with E-state index in [1.54, 1.807) is 11.3 Å². The average Bonchev–Trinajstić information content (AvgIpc) is 2.96. The van der Waals surface area contributed by atoms with Gasteiger partial charge in [-0.1, -0.05) is 18.2 Å². The van der Waals surface area contributed by atoms with Crippen LogP contribution in [0.2, 0.25) is 0 Å². The number of aromatic nitrogens is 1. The van der Waals surface area contributed by atoms with Crippen LogP contribution in [0.5, 0.6) is 0 Å². The molecule has 3 nitrogen and oxygen atoms in total. The van der Waals surface area contributed by atoms with Crippen molar-refractivity contribution < 1.29 is 0 Å². The van der Waals surface area contributed by atoms with Gasteiger partial charge in [0.1, 0.15) is 5.01 Å². The fourth-order valence-corrected chi connectivity index (χ4v) is 3.75. The van der Waals surface area contributed by atoms with Gasteiger partial charge in [-0.15, -0.1) is 11.3 Å². The van der Waals surface area contributed by atoms with Crippen molar-refractivity contribution in [3.8, 4) is 0 Å². The van der Waals surface area contributed by atoms with E-state index in [-0.39, 0.29) is 0 Å². The summed E-state index contributed by atoms with van der Waals surface area (Å²) >= 11 is 1.76. The molecule has 0 spiro atoms. The first kappa shape index (κ1) is 14.5. The van der Waals surface area contributed by atoms with Gasteiger partial charge in [0.25, 0.3) is 0 Å². The molecule has 1 saturated heterocycles. The summed E-state index contributed by atoms with van der Waals surface area (Å²) in [6.45, 7) is 6.55. The molecular weight excluding hydrogens is 278 g/mol. The zero-order valence-corrected chi connectivity index (χ0v) is 13.6. The number of thiazole rings is 1. The lowest BCUT2D eigenvalue weighted by molar-refractivity contribution is 0.380. The minimum atomic E-state index is 0.358. The van der Waals surface area contributed by atoms with E-state index in [2.05, 4.69) is 64.8 Å². The maximum Gasteiger partial charge on any atom is 0.110 e. The molecular formula is C17H23N3S. The van der Waals surface area contributed by atoms with Gasteiger partial charge in [-0.05, 0) is 38.8 Å². The van der Waals surface area contributed by atoms with Crippen molar-refractivity contribution in [2.45, 2.75) is 38.8 Å². The van der Waals surface area contributed by atoms with Gasteiger partial charge >= 0.3 is 0 Å². The van der Waals surface area contributed by atoms with Crippen LogP contribution in [0.15, 0.2) is 35.7 Å². The maximum atomic E-state index is 4.58. The molecule has 0 amide bonds. The highest BCUT2D eigenvalue weighted by Gasteiger charge is 2.21. The molecule has 4 heteroatoms. The van der Waals surface area contributed by atoms with Gasteiger partial charge in [0, 0.05) is 35.9 Å². The molecule has 0 saturated carbocycles. The Bertz CT molecular complexity index is 558. The summed E-state index contributed by atoms with van der Waals surface area (Å²) in [5, 5.41) is 7.08. The second kappa shape index (κ2) is 6.58. The molecule has 2 heterocycles. The van der Waals surface area contributed by atoms with E-state index in [1.807, 2.05) is 0 Å². The number of piperidine rings is 1. The number of nitrogens with one attached hydrogen (secondary N) is 1. The van der Waals surface area contributed by atoms with Gasteiger partial charge in [-0.25, -0.2) is 4.98 Å². The topological polar surface area (TPSA) is 28.2 Å². The van der Waals surface area contributed by atoms with Gasteiger partial charge in [0.15, 0.2) is 0 Å². The normalized spacial score (nSPS) is 17.9. The van der Waals surface area contributed by atoms with Crippen molar-refractivity contribution in [1.29, 1.82) is 0 Å². The Kier molecular flexibility index (Phi) is 4.56. The van der Waals surface area contributed by atoms with E-state index in [4.69, 9.17) is 0 Å². The first-order valence-corrected chi connectivity index (χ1v) is 8.58. The third-order valence-corrected chi connectivity index (χ3v) is 5.25. The van der Waals surface area contributed by atoms with Crippen molar-refractivity contribution in [2.75, 3.05) is 18.0 Å². The van der Waals surface area contributed by atoms with E-state index in [0.717, 1.165) is 18.8 Å². The summed E-state index contributed by atoms with van der Waals surface area (Å²) in [5.74, 6) is 0. The van der Waals surface area contributed by atoms with Gasteiger partial charge in [-0.2, -0.15) is 0 Å². The molecule has 2 aromatic rings. The van der Waals surface area contributed by atoms with E-state index < -0.39 is 0 Å². The average molecular weight is 301 g/mol. The Balaban J connectivity index is 1.52. The van der Waals surface area contributed by atoms with E-state index in [0.29, 0.717) is 12.1 Å². The lowest BCUT2D eigenvalue weighted by atomic mass is 10.0. The summed E-state index contributed by atoms with van der Waals surface area (Å²) < 4.78 is 0. The highest BCUT2D eigenvalue weighted by Crippen LogP contribution is 2.23. The SMILES string of the molecule is Cc1csc(C(C)NC2CCN(c3ccccc3)CC2)n1. The number of nitrogens with zero attached hydrogens (tertiary/aromatic N) is 2. The lowest BCUT2D eigenvalue weighted by Crippen LogP contribution is -2.43. The van der Waals surface area contributed by atoms with Crippen LogP contribution >= 0.6 is 11.3 Å². The number of aryl methyl sites for hydroxylation is 1. The Morgan fingerprint density at radius 3 is 2.57 bits per heavy atom. The summed E-state index contributed by atoms with van der Waals surface area (Å²) in [7, 11) is 0. The van der Waals surface area contributed by atoms with Crippen LogP contribution in [0.3, 0.4) is 0 Å². The fraction of sp³-hybridized carbons (Fsp3) is 0.471. The molecule has 1 aromatic heterocycles. The second-order valence-electron chi connectivity index (χ2n) is 5.81. The van der Waals surface area contributed by atoms with Crippen molar-refractivity contribution in [3.05, 3.63) is 46.4 Å². The zero-order chi connectivity index (χ0) is 14.7. The molecule has 1 aliphatic rings. The van der Waals surface area contributed by atoms with Crippen molar-refractivity contribution >= 4 is 17.0 Å². The van der Waals surface area contributed by atoms with Crippen molar-refractivity contribution in [3.63, 3.8) is 0 Å². The van der Waals surface area contributed by atoms with E-state index in [9.17, 15) is 0 Å². The van der Waals surface area contributed by atoms with Crippen LogP contribution in [0.1, 0.15) is 36.5 Å². The second-order valence-corrected chi connectivity index (χ2v) is 6.70. The Labute approximate surface area is 131 Å². The number of hydrogen-bond acceptors (Lipinski definition) is 4. The summed E-state index contributed by atoms with van der Waals surface area (Å²) in [5.41, 5.74) is 2.47. The maximum absolute atomic E-state index is 4.58. The summed E-state index contributed by atoms with van der Waals surface area (Å²) in [6, 6.07) is 11.7. The predicted octanol–water partition coefficient (Wildman–Crippen LogP) is 3.77. The standard InChI is InChI=1S/C17H23N3S/c1-13-12-21-17(18-13)14(2)19-15-8-10-20(11-9-15)16-6-4-3-5-7-16/h3-7,12,14-15,19H,8-11H2,1-2H3. The lowest BCUT2D eigenvalue weighted by Gasteiger charge is -2.35. The molecule has 0 radical (unpaired) electrons. The van der Waals surface area contributed by atoms with Gasteiger partial charge in [-0.3, -0.25) is 0 Å². The molecule has 1 aliphatic heterocycles. The smallest absolute Gasteiger partial charge is 0.110 e. The van der Waals surface area contributed by atoms with Crippen molar-refractivity contribution in [1.82, 2.24) is 10.3 Å². The van der Waals surface area contributed by atoms with Gasteiger partial charge in [0.05, 0.1) is 6.04 Å². The van der Waals surface area contributed by atoms with Gasteiger partial charge in [0.2, 0.25) is 0 Å². The molecule has 1 fully saturated rings. The van der Waals surface area contributed by atoms with Crippen LogP contribution in [0.4, 0.5) is 5.69 Å². The van der Waals surface area contributed by atoms with Crippen molar-refractivity contribution in [2.24, 2.45) is 0 Å². The molecule has 21 heavy (non-hydrogen) atoms. The van der Waals surface area contributed by atoms with Crippen LogP contribution in [0.25, 0.3) is 0 Å². The quantitative estimate of drug-likeness (QED) is 0.931. The summed E-state index contributed by atoms with van der Waals surface area (Å²) in [6.07, 6.45) is 2.40. The molecule has 1 N–H and O–H groups in total. The highest BCUT2D eigenvalue weighted by molar-refractivity contribution is 7.09. The third kappa shape index (κ3) is 3.63. The van der Waals surface area contributed by atoms with E-state index in [1.165, 1.54) is 23.5 Å². The van der Waals surface area contributed by atoms with Crippen LogP contribution in [0, 0.1) is 6.92 Å². The van der Waals surface area contributed by atoms with Crippen LogP contribution in [-0.2, 0) is 0 Å². The van der Waals surface area contributed by atoms with Crippen LogP contribution < -0.4 is 10.2 Å². The zero-order valence-electron chi connectivity index (χ0n) is 12.7. The van der Waals surface area contributed by atoms with E-state index >= 15 is 0 Å².